The third-order valence-corrected chi connectivity index (χ3v) is 1.97. The summed E-state index contributed by atoms with van der Waals surface area (Å²) in [4.78, 5) is 11.8. The van der Waals surface area contributed by atoms with E-state index in [0.717, 1.165) is 0 Å². The molecule has 1 aromatic rings. The fraction of sp³-hybridized carbons (Fsp3) is 0.250. The van der Waals surface area contributed by atoms with Crippen LogP contribution in [0, 0.1) is 0 Å². The maximum absolute atomic E-state index is 11.8. The zero-order chi connectivity index (χ0) is 11.3. The van der Waals surface area contributed by atoms with E-state index >= 15 is 0 Å². The van der Waals surface area contributed by atoms with Gasteiger partial charge in [0, 0.05) is 18.2 Å². The molecule has 0 aliphatic rings. The Balaban J connectivity index is 2.86. The van der Waals surface area contributed by atoms with Crippen LogP contribution in [0.15, 0.2) is 36.4 Å². The molecule has 0 aliphatic heterocycles. The van der Waals surface area contributed by atoms with Crippen LogP contribution in [0.4, 0.5) is 0 Å². The van der Waals surface area contributed by atoms with Crippen LogP contribution in [0.5, 0.6) is 5.75 Å². The lowest BCUT2D eigenvalue weighted by molar-refractivity contribution is 0.101. The number of benzene rings is 1. The third-order valence-electron chi connectivity index (χ3n) is 1.97. The monoisotopic (exact) mass is 206 g/mol. The second-order valence-corrected chi connectivity index (χ2v) is 3.10. The molecule has 0 unspecified atom stereocenters. The molecule has 3 heteroatoms. The molecule has 0 amide bonds. The molecule has 0 aromatic heterocycles. The lowest BCUT2D eigenvalue weighted by atomic mass is 10.1. The van der Waals surface area contributed by atoms with Gasteiger partial charge < -0.3 is 9.47 Å². The molecule has 0 heterocycles. The average Bonchev–Trinajstić information content (AvgIpc) is 2.28. The van der Waals surface area contributed by atoms with Crippen LogP contribution >= 0.6 is 0 Å². The molecule has 1 aromatic carbocycles. The Labute approximate surface area is 89.3 Å². The lowest BCUT2D eigenvalue weighted by Gasteiger charge is -2.05. The zero-order valence-electron chi connectivity index (χ0n) is 8.95. The summed E-state index contributed by atoms with van der Waals surface area (Å²) in [6, 6.07) is 6.97. The van der Waals surface area contributed by atoms with E-state index in [1.807, 2.05) is 0 Å². The van der Waals surface area contributed by atoms with Gasteiger partial charge in [0.2, 0.25) is 0 Å². The maximum Gasteiger partial charge on any atom is 0.190 e. The van der Waals surface area contributed by atoms with Gasteiger partial charge >= 0.3 is 0 Å². The number of Topliss-reactive ketones (excluding diaryl/α,β-unsaturated/α-hetero) is 1. The van der Waals surface area contributed by atoms with Gasteiger partial charge in [-0.25, -0.2) is 0 Å². The van der Waals surface area contributed by atoms with Gasteiger partial charge in [-0.1, -0.05) is 18.7 Å². The highest BCUT2D eigenvalue weighted by Gasteiger charge is 2.10. The van der Waals surface area contributed by atoms with E-state index in [2.05, 4.69) is 6.58 Å². The highest BCUT2D eigenvalue weighted by molar-refractivity contribution is 6.08. The average molecular weight is 206 g/mol. The van der Waals surface area contributed by atoms with Gasteiger partial charge in [0.1, 0.15) is 5.75 Å². The minimum Gasteiger partial charge on any atom is -0.497 e. The molecule has 0 saturated carbocycles. The Morgan fingerprint density at radius 1 is 1.40 bits per heavy atom. The third kappa shape index (κ3) is 2.92. The summed E-state index contributed by atoms with van der Waals surface area (Å²) in [5.74, 6) is 0.543. The largest absolute Gasteiger partial charge is 0.497 e. The lowest BCUT2D eigenvalue weighted by Crippen LogP contribution is -2.07. The van der Waals surface area contributed by atoms with Crippen molar-refractivity contribution in [3.05, 3.63) is 42.0 Å². The summed E-state index contributed by atoms with van der Waals surface area (Å²) in [5.41, 5.74) is 1.00. The molecule has 0 bridgehead atoms. The second-order valence-electron chi connectivity index (χ2n) is 3.10. The summed E-state index contributed by atoms with van der Waals surface area (Å²) < 4.78 is 9.88. The number of hydrogen-bond acceptors (Lipinski definition) is 3. The molecular weight excluding hydrogens is 192 g/mol. The first kappa shape index (κ1) is 11.5. The number of methoxy groups -OCH3 is 2. The molecule has 0 spiro atoms. The number of ketones is 1. The molecule has 0 radical (unpaired) electrons. The predicted octanol–water partition coefficient (Wildman–Crippen LogP) is 2.08. The van der Waals surface area contributed by atoms with Gasteiger partial charge in [-0.05, 0) is 12.1 Å². The summed E-state index contributed by atoms with van der Waals surface area (Å²) in [6.45, 7) is 3.91. The molecule has 1 rings (SSSR count). The topological polar surface area (TPSA) is 35.5 Å². The molecule has 15 heavy (non-hydrogen) atoms. The maximum atomic E-state index is 11.8. The standard InChI is InChI=1S/C12H14O3/c1-9(8-14-2)12(13)10-5-4-6-11(7-10)15-3/h4-7H,1,8H2,2-3H3. The van der Waals surface area contributed by atoms with Crippen molar-refractivity contribution >= 4 is 5.78 Å². The Hall–Kier alpha value is -1.61. The van der Waals surface area contributed by atoms with Crippen LogP contribution < -0.4 is 4.74 Å². The van der Waals surface area contributed by atoms with Crippen molar-refractivity contribution in [2.75, 3.05) is 20.8 Å². The van der Waals surface area contributed by atoms with Crippen LogP contribution in [-0.2, 0) is 4.74 Å². The fourth-order valence-electron chi connectivity index (χ4n) is 1.21. The predicted molar refractivity (Wildman–Crippen MR) is 58.3 cm³/mol. The molecule has 0 N–H and O–H groups in total. The molecule has 0 saturated heterocycles. The van der Waals surface area contributed by atoms with Crippen LogP contribution in [0.25, 0.3) is 0 Å². The van der Waals surface area contributed by atoms with Crippen molar-refractivity contribution in [1.82, 2.24) is 0 Å². The van der Waals surface area contributed by atoms with E-state index < -0.39 is 0 Å². The Morgan fingerprint density at radius 3 is 2.73 bits per heavy atom. The van der Waals surface area contributed by atoms with Crippen LogP contribution in [0.3, 0.4) is 0 Å². The molecule has 0 fully saturated rings. The highest BCUT2D eigenvalue weighted by Crippen LogP contribution is 2.15. The number of carbonyl (C=O) groups excluding carboxylic acids is 1. The van der Waals surface area contributed by atoms with E-state index in [1.165, 1.54) is 7.11 Å². The van der Waals surface area contributed by atoms with E-state index in [4.69, 9.17) is 9.47 Å². The van der Waals surface area contributed by atoms with Crippen molar-refractivity contribution in [2.45, 2.75) is 0 Å². The second kappa shape index (κ2) is 5.32. The molecular formula is C12H14O3. The van der Waals surface area contributed by atoms with Gasteiger partial charge in [0.05, 0.1) is 13.7 Å². The number of rotatable bonds is 5. The van der Waals surface area contributed by atoms with Crippen molar-refractivity contribution in [3.8, 4) is 5.75 Å². The number of ether oxygens (including phenoxy) is 2. The number of hydrogen-bond donors (Lipinski definition) is 0. The van der Waals surface area contributed by atoms with Crippen molar-refractivity contribution in [1.29, 1.82) is 0 Å². The van der Waals surface area contributed by atoms with E-state index in [0.29, 0.717) is 16.9 Å². The van der Waals surface area contributed by atoms with Gasteiger partial charge in [0.15, 0.2) is 5.78 Å². The van der Waals surface area contributed by atoms with E-state index in [1.54, 1.807) is 31.4 Å². The van der Waals surface area contributed by atoms with Crippen molar-refractivity contribution < 1.29 is 14.3 Å². The van der Waals surface area contributed by atoms with E-state index in [9.17, 15) is 4.79 Å². The Kier molecular flexibility index (Phi) is 4.06. The Morgan fingerprint density at radius 2 is 2.13 bits per heavy atom. The molecule has 3 nitrogen and oxygen atoms in total. The van der Waals surface area contributed by atoms with Crippen molar-refractivity contribution in [3.63, 3.8) is 0 Å². The first-order valence-electron chi connectivity index (χ1n) is 4.54. The Bertz CT molecular complexity index is 369. The van der Waals surface area contributed by atoms with Crippen LogP contribution in [0.2, 0.25) is 0 Å². The van der Waals surface area contributed by atoms with Crippen LogP contribution in [0.1, 0.15) is 10.4 Å². The van der Waals surface area contributed by atoms with Crippen molar-refractivity contribution in [2.24, 2.45) is 0 Å². The van der Waals surface area contributed by atoms with Gasteiger partial charge in [0.25, 0.3) is 0 Å². The van der Waals surface area contributed by atoms with Gasteiger partial charge in [-0.2, -0.15) is 0 Å². The SMILES string of the molecule is C=C(COC)C(=O)c1cccc(OC)c1. The molecule has 0 atom stereocenters. The fourth-order valence-corrected chi connectivity index (χ4v) is 1.21. The minimum atomic E-state index is -0.115. The minimum absolute atomic E-state index is 0.115. The molecule has 80 valence electrons. The zero-order valence-corrected chi connectivity index (χ0v) is 8.95. The van der Waals surface area contributed by atoms with Gasteiger partial charge in [-0.3, -0.25) is 4.79 Å². The summed E-state index contributed by atoms with van der Waals surface area (Å²) in [6.07, 6.45) is 0. The summed E-state index contributed by atoms with van der Waals surface area (Å²) in [5, 5.41) is 0. The summed E-state index contributed by atoms with van der Waals surface area (Å²) in [7, 11) is 3.09. The summed E-state index contributed by atoms with van der Waals surface area (Å²) >= 11 is 0. The first-order chi connectivity index (χ1) is 7.19. The molecule has 0 aliphatic carbocycles. The number of carbonyl (C=O) groups is 1. The quantitative estimate of drug-likeness (QED) is 0.546. The first-order valence-corrected chi connectivity index (χ1v) is 4.54. The highest BCUT2D eigenvalue weighted by atomic mass is 16.5. The smallest absolute Gasteiger partial charge is 0.190 e. The normalized spacial score (nSPS) is 9.73. The van der Waals surface area contributed by atoms with Crippen LogP contribution in [-0.4, -0.2) is 26.6 Å². The van der Waals surface area contributed by atoms with Gasteiger partial charge in [-0.15, -0.1) is 0 Å². The van der Waals surface area contributed by atoms with E-state index in [-0.39, 0.29) is 12.4 Å².